The largest absolute Gasteiger partial charge is 0.396 e. The third-order valence-corrected chi connectivity index (χ3v) is 2.41. The highest BCUT2D eigenvalue weighted by Gasteiger charge is 1.99. The summed E-state index contributed by atoms with van der Waals surface area (Å²) in [6.45, 7) is 0.765. The molecule has 0 amide bonds. The SMILES string of the molecule is Nc1ccc(NCCc2cc[nH]c2)cc1F. The molecule has 2 rings (SSSR count). The van der Waals surface area contributed by atoms with E-state index in [0.717, 1.165) is 18.7 Å². The van der Waals surface area contributed by atoms with Crippen molar-refractivity contribution >= 4 is 11.4 Å². The van der Waals surface area contributed by atoms with Crippen molar-refractivity contribution in [3.63, 3.8) is 0 Å². The van der Waals surface area contributed by atoms with Gasteiger partial charge in [-0.05, 0) is 36.2 Å². The van der Waals surface area contributed by atoms with Gasteiger partial charge in [0, 0.05) is 24.6 Å². The first-order valence-electron chi connectivity index (χ1n) is 5.16. The fourth-order valence-electron chi connectivity index (χ4n) is 1.50. The summed E-state index contributed by atoms with van der Waals surface area (Å²) in [5.41, 5.74) is 7.54. The fourth-order valence-corrected chi connectivity index (χ4v) is 1.50. The van der Waals surface area contributed by atoms with Crippen LogP contribution in [0, 0.1) is 5.82 Å². The summed E-state index contributed by atoms with van der Waals surface area (Å²) in [5.74, 6) is -0.383. The Morgan fingerprint density at radius 2 is 2.19 bits per heavy atom. The van der Waals surface area contributed by atoms with Crippen molar-refractivity contribution in [2.75, 3.05) is 17.6 Å². The summed E-state index contributed by atoms with van der Waals surface area (Å²) in [6, 6.07) is 6.77. The van der Waals surface area contributed by atoms with Gasteiger partial charge in [0.1, 0.15) is 5.82 Å². The molecule has 0 unspecified atom stereocenters. The van der Waals surface area contributed by atoms with Gasteiger partial charge in [0.2, 0.25) is 0 Å². The van der Waals surface area contributed by atoms with Gasteiger partial charge in [-0.2, -0.15) is 0 Å². The molecule has 0 radical (unpaired) electrons. The summed E-state index contributed by atoms with van der Waals surface area (Å²) in [6.07, 6.45) is 4.74. The maximum Gasteiger partial charge on any atom is 0.148 e. The van der Waals surface area contributed by atoms with Gasteiger partial charge >= 0.3 is 0 Å². The smallest absolute Gasteiger partial charge is 0.148 e. The van der Waals surface area contributed by atoms with Crippen LogP contribution < -0.4 is 11.1 Å². The molecule has 0 fully saturated rings. The Bertz CT molecular complexity index is 451. The first-order valence-corrected chi connectivity index (χ1v) is 5.16. The lowest BCUT2D eigenvalue weighted by Gasteiger charge is -2.06. The predicted molar refractivity (Wildman–Crippen MR) is 63.8 cm³/mol. The number of benzene rings is 1. The van der Waals surface area contributed by atoms with Gasteiger partial charge in [-0.25, -0.2) is 4.39 Å². The van der Waals surface area contributed by atoms with Crippen LogP contribution >= 0.6 is 0 Å². The van der Waals surface area contributed by atoms with Gasteiger partial charge in [0.25, 0.3) is 0 Å². The normalized spacial score (nSPS) is 10.3. The Morgan fingerprint density at radius 1 is 1.31 bits per heavy atom. The molecule has 0 aliphatic rings. The predicted octanol–water partition coefficient (Wildman–Crippen LogP) is 2.39. The minimum absolute atomic E-state index is 0.177. The summed E-state index contributed by atoms with van der Waals surface area (Å²) >= 11 is 0. The zero-order chi connectivity index (χ0) is 11.4. The second kappa shape index (κ2) is 4.70. The minimum atomic E-state index is -0.383. The minimum Gasteiger partial charge on any atom is -0.396 e. The lowest BCUT2D eigenvalue weighted by Crippen LogP contribution is -2.05. The van der Waals surface area contributed by atoms with E-state index in [1.165, 1.54) is 11.6 Å². The van der Waals surface area contributed by atoms with Crippen LogP contribution in [0.2, 0.25) is 0 Å². The molecule has 1 heterocycles. The van der Waals surface area contributed by atoms with Crippen molar-refractivity contribution in [3.8, 4) is 0 Å². The molecule has 1 aromatic carbocycles. The van der Waals surface area contributed by atoms with Crippen LogP contribution in [0.25, 0.3) is 0 Å². The molecule has 0 spiro atoms. The third kappa shape index (κ3) is 2.53. The maximum absolute atomic E-state index is 13.1. The fraction of sp³-hybridized carbons (Fsp3) is 0.167. The molecule has 4 N–H and O–H groups in total. The summed E-state index contributed by atoms with van der Waals surface area (Å²) < 4.78 is 13.1. The van der Waals surface area contributed by atoms with E-state index in [4.69, 9.17) is 5.73 Å². The first kappa shape index (κ1) is 10.5. The van der Waals surface area contributed by atoms with Gasteiger partial charge in [-0.1, -0.05) is 0 Å². The van der Waals surface area contributed by atoms with E-state index in [0.29, 0.717) is 0 Å². The van der Waals surface area contributed by atoms with E-state index in [-0.39, 0.29) is 11.5 Å². The number of aromatic nitrogens is 1. The van der Waals surface area contributed by atoms with Crippen LogP contribution in [-0.2, 0) is 6.42 Å². The number of hydrogen-bond donors (Lipinski definition) is 3. The van der Waals surface area contributed by atoms with Crippen LogP contribution in [0.5, 0.6) is 0 Å². The molecular weight excluding hydrogens is 205 g/mol. The molecule has 0 bridgehead atoms. The lowest BCUT2D eigenvalue weighted by atomic mass is 10.2. The Labute approximate surface area is 93.5 Å². The van der Waals surface area contributed by atoms with E-state index < -0.39 is 0 Å². The molecular formula is C12H14FN3. The third-order valence-electron chi connectivity index (χ3n) is 2.41. The number of aromatic amines is 1. The van der Waals surface area contributed by atoms with Crippen molar-refractivity contribution in [3.05, 3.63) is 48.0 Å². The molecule has 1 aromatic heterocycles. The highest BCUT2D eigenvalue weighted by Crippen LogP contribution is 2.15. The number of nitrogens with one attached hydrogen (secondary N) is 2. The first-order chi connectivity index (χ1) is 7.75. The average molecular weight is 219 g/mol. The highest BCUT2D eigenvalue weighted by atomic mass is 19.1. The Balaban J connectivity index is 1.87. The van der Waals surface area contributed by atoms with Crippen LogP contribution in [0.3, 0.4) is 0 Å². The summed E-state index contributed by atoms with van der Waals surface area (Å²) in [5, 5.41) is 3.14. The lowest BCUT2D eigenvalue weighted by molar-refractivity contribution is 0.633. The van der Waals surface area contributed by atoms with Crippen molar-refractivity contribution in [1.82, 2.24) is 4.98 Å². The number of rotatable bonds is 4. The van der Waals surface area contributed by atoms with Crippen molar-refractivity contribution in [2.24, 2.45) is 0 Å². The summed E-state index contributed by atoms with van der Waals surface area (Å²) in [7, 11) is 0. The molecule has 0 aliphatic carbocycles. The zero-order valence-electron chi connectivity index (χ0n) is 8.83. The molecule has 84 valence electrons. The van der Waals surface area contributed by atoms with Gasteiger partial charge in [0.05, 0.1) is 5.69 Å². The maximum atomic E-state index is 13.1. The van der Waals surface area contributed by atoms with Crippen LogP contribution in [0.1, 0.15) is 5.56 Å². The van der Waals surface area contributed by atoms with E-state index in [9.17, 15) is 4.39 Å². The number of hydrogen-bond acceptors (Lipinski definition) is 2. The quantitative estimate of drug-likeness (QED) is 0.691. The van der Waals surface area contributed by atoms with E-state index in [1.54, 1.807) is 12.1 Å². The molecule has 0 saturated heterocycles. The molecule has 16 heavy (non-hydrogen) atoms. The molecule has 0 aliphatic heterocycles. The van der Waals surface area contributed by atoms with E-state index >= 15 is 0 Å². The van der Waals surface area contributed by atoms with Gasteiger partial charge in [-0.3, -0.25) is 0 Å². The topological polar surface area (TPSA) is 53.8 Å². The van der Waals surface area contributed by atoms with E-state index in [1.807, 2.05) is 18.5 Å². The van der Waals surface area contributed by atoms with Crippen LogP contribution in [0.15, 0.2) is 36.7 Å². The molecule has 0 saturated carbocycles. The second-order valence-electron chi connectivity index (χ2n) is 3.63. The van der Waals surface area contributed by atoms with Crippen LogP contribution in [0.4, 0.5) is 15.8 Å². The van der Waals surface area contributed by atoms with Gasteiger partial charge in [0.15, 0.2) is 0 Å². The molecule has 4 heteroatoms. The van der Waals surface area contributed by atoms with Crippen molar-refractivity contribution in [1.29, 1.82) is 0 Å². The Kier molecular flexibility index (Phi) is 3.10. The second-order valence-corrected chi connectivity index (χ2v) is 3.63. The Hall–Kier alpha value is -1.97. The number of nitrogen functional groups attached to an aromatic ring is 1. The number of nitrogens with two attached hydrogens (primary N) is 1. The molecule has 2 aromatic rings. The van der Waals surface area contributed by atoms with Crippen molar-refractivity contribution in [2.45, 2.75) is 6.42 Å². The number of H-pyrrole nitrogens is 1. The zero-order valence-corrected chi connectivity index (χ0v) is 8.83. The van der Waals surface area contributed by atoms with Gasteiger partial charge in [-0.15, -0.1) is 0 Å². The number of halogens is 1. The summed E-state index contributed by atoms with van der Waals surface area (Å²) in [4.78, 5) is 2.99. The van der Waals surface area contributed by atoms with Crippen molar-refractivity contribution < 1.29 is 4.39 Å². The van der Waals surface area contributed by atoms with Crippen LogP contribution in [-0.4, -0.2) is 11.5 Å². The highest BCUT2D eigenvalue weighted by molar-refractivity contribution is 5.52. The van der Waals surface area contributed by atoms with Gasteiger partial charge < -0.3 is 16.0 Å². The standard InChI is InChI=1S/C12H14FN3/c13-11-7-10(1-2-12(11)14)16-6-4-9-3-5-15-8-9/h1-3,5,7-8,15-16H,4,6,14H2. The van der Waals surface area contributed by atoms with E-state index in [2.05, 4.69) is 10.3 Å². The average Bonchev–Trinajstić information content (AvgIpc) is 2.76. The molecule has 0 atom stereocenters. The molecule has 3 nitrogen and oxygen atoms in total. The monoisotopic (exact) mass is 219 g/mol. The Morgan fingerprint density at radius 3 is 2.88 bits per heavy atom. The number of anilines is 2.